The van der Waals surface area contributed by atoms with Crippen LogP contribution in [0.1, 0.15) is 44.1 Å². The van der Waals surface area contributed by atoms with Gasteiger partial charge in [0.2, 0.25) is 0 Å². The number of aromatic amines is 1. The highest BCUT2D eigenvalue weighted by molar-refractivity contribution is 5.11. The molecule has 20 heavy (non-hydrogen) atoms. The summed E-state index contributed by atoms with van der Waals surface area (Å²) in [5.41, 5.74) is 1.31. The Balaban J connectivity index is 1.67. The van der Waals surface area contributed by atoms with Crippen molar-refractivity contribution in [2.45, 2.75) is 50.5 Å². The molecular formula is C16H25N3O. The Labute approximate surface area is 119 Å². The van der Waals surface area contributed by atoms with Crippen molar-refractivity contribution in [3.63, 3.8) is 0 Å². The lowest BCUT2D eigenvalue weighted by Gasteiger charge is -2.56. The third-order valence-electron chi connectivity index (χ3n) is 5.97. The van der Waals surface area contributed by atoms with Crippen molar-refractivity contribution in [1.82, 2.24) is 15.1 Å². The van der Waals surface area contributed by atoms with Crippen LogP contribution in [-0.4, -0.2) is 23.4 Å². The Morgan fingerprint density at radius 3 is 2.40 bits per heavy atom. The quantitative estimate of drug-likeness (QED) is 0.881. The van der Waals surface area contributed by atoms with Gasteiger partial charge in [0.25, 0.3) is 5.56 Å². The molecule has 0 aliphatic heterocycles. The normalized spacial score (nSPS) is 38.5. The van der Waals surface area contributed by atoms with Gasteiger partial charge in [-0.25, -0.2) is 4.68 Å². The van der Waals surface area contributed by atoms with Gasteiger partial charge in [0.15, 0.2) is 0 Å². The van der Waals surface area contributed by atoms with Gasteiger partial charge in [-0.3, -0.25) is 4.79 Å². The number of H-pyrrole nitrogens is 1. The van der Waals surface area contributed by atoms with Gasteiger partial charge in [0.05, 0.1) is 5.54 Å². The average molecular weight is 275 g/mol. The minimum atomic E-state index is 0.129. The van der Waals surface area contributed by atoms with Crippen LogP contribution in [0.5, 0.6) is 0 Å². The second-order valence-electron chi connectivity index (χ2n) is 7.43. The Bertz CT molecular complexity index is 521. The van der Waals surface area contributed by atoms with Gasteiger partial charge in [0.1, 0.15) is 0 Å². The van der Waals surface area contributed by atoms with E-state index in [4.69, 9.17) is 0 Å². The standard InChI is InChI=1S/C16H25N3O/c1-17-3-2-14-10-18-19(15(14)20)16-7-11-4-12(8-16)6-13(5-11)9-16/h10-13,17-18H,2-9H2,1H3. The summed E-state index contributed by atoms with van der Waals surface area (Å²) in [5.74, 6) is 2.62. The smallest absolute Gasteiger partial charge is 0.270 e. The fourth-order valence-electron chi connectivity index (χ4n) is 5.54. The van der Waals surface area contributed by atoms with E-state index in [0.29, 0.717) is 0 Å². The molecular weight excluding hydrogens is 250 g/mol. The summed E-state index contributed by atoms with van der Waals surface area (Å²) < 4.78 is 2.02. The van der Waals surface area contributed by atoms with Crippen molar-refractivity contribution in [3.8, 4) is 0 Å². The van der Waals surface area contributed by atoms with E-state index in [-0.39, 0.29) is 11.1 Å². The maximum absolute atomic E-state index is 12.7. The maximum Gasteiger partial charge on any atom is 0.270 e. The first-order chi connectivity index (χ1) is 9.70. The number of hydrogen-bond acceptors (Lipinski definition) is 2. The molecule has 1 heterocycles. The van der Waals surface area contributed by atoms with Crippen LogP contribution in [0.4, 0.5) is 0 Å². The first kappa shape index (κ1) is 12.7. The molecule has 0 spiro atoms. The van der Waals surface area contributed by atoms with Crippen LogP contribution in [0.3, 0.4) is 0 Å². The highest BCUT2D eigenvalue weighted by atomic mass is 16.1. The summed E-state index contributed by atoms with van der Waals surface area (Å²) in [5, 5.41) is 6.44. The van der Waals surface area contributed by atoms with Crippen LogP contribution in [-0.2, 0) is 12.0 Å². The van der Waals surface area contributed by atoms with Crippen LogP contribution in [0.15, 0.2) is 11.0 Å². The van der Waals surface area contributed by atoms with Gasteiger partial charge in [-0.05, 0) is 76.3 Å². The van der Waals surface area contributed by atoms with Crippen LogP contribution >= 0.6 is 0 Å². The van der Waals surface area contributed by atoms with Crippen molar-refractivity contribution < 1.29 is 0 Å². The molecule has 1 aromatic heterocycles. The molecule has 4 aliphatic carbocycles. The second-order valence-corrected chi connectivity index (χ2v) is 7.43. The van der Waals surface area contributed by atoms with Crippen molar-refractivity contribution in [3.05, 3.63) is 22.1 Å². The summed E-state index contributed by atoms with van der Waals surface area (Å²) in [6.07, 6.45) is 10.7. The molecule has 4 bridgehead atoms. The van der Waals surface area contributed by atoms with E-state index in [1.807, 2.05) is 17.9 Å². The minimum absolute atomic E-state index is 0.129. The Hall–Kier alpha value is -1.03. The van der Waals surface area contributed by atoms with E-state index in [0.717, 1.165) is 36.3 Å². The van der Waals surface area contributed by atoms with Gasteiger partial charge in [-0.15, -0.1) is 0 Å². The van der Waals surface area contributed by atoms with E-state index in [9.17, 15) is 4.79 Å². The number of nitrogens with one attached hydrogen (secondary N) is 2. The molecule has 0 radical (unpaired) electrons. The third kappa shape index (κ3) is 1.80. The van der Waals surface area contributed by atoms with Crippen LogP contribution in [0.2, 0.25) is 0 Å². The summed E-state index contributed by atoms with van der Waals surface area (Å²) >= 11 is 0. The molecule has 0 atom stereocenters. The van der Waals surface area contributed by atoms with Crippen molar-refractivity contribution in [2.75, 3.05) is 13.6 Å². The van der Waals surface area contributed by atoms with Crippen LogP contribution in [0, 0.1) is 17.8 Å². The first-order valence-corrected chi connectivity index (χ1v) is 8.14. The molecule has 0 unspecified atom stereocenters. The number of nitrogens with zero attached hydrogens (tertiary/aromatic N) is 1. The predicted molar refractivity (Wildman–Crippen MR) is 78.8 cm³/mol. The summed E-state index contributed by atoms with van der Waals surface area (Å²) in [4.78, 5) is 12.7. The zero-order valence-corrected chi connectivity index (χ0v) is 12.3. The Morgan fingerprint density at radius 2 is 1.85 bits per heavy atom. The molecule has 4 aliphatic rings. The van der Waals surface area contributed by atoms with Crippen molar-refractivity contribution in [2.24, 2.45) is 17.8 Å². The fourth-order valence-corrected chi connectivity index (χ4v) is 5.54. The average Bonchev–Trinajstić information content (AvgIpc) is 2.77. The van der Waals surface area contributed by atoms with Gasteiger partial charge in [-0.1, -0.05) is 0 Å². The van der Waals surface area contributed by atoms with E-state index < -0.39 is 0 Å². The minimum Gasteiger partial charge on any atom is -0.319 e. The molecule has 4 nitrogen and oxygen atoms in total. The van der Waals surface area contributed by atoms with E-state index in [2.05, 4.69) is 10.4 Å². The largest absolute Gasteiger partial charge is 0.319 e. The highest BCUT2D eigenvalue weighted by Crippen LogP contribution is 2.58. The first-order valence-electron chi connectivity index (χ1n) is 8.14. The molecule has 110 valence electrons. The lowest BCUT2D eigenvalue weighted by molar-refractivity contribution is -0.0510. The lowest BCUT2D eigenvalue weighted by atomic mass is 9.53. The van der Waals surface area contributed by atoms with Crippen molar-refractivity contribution >= 4 is 0 Å². The van der Waals surface area contributed by atoms with E-state index in [1.54, 1.807) is 0 Å². The molecule has 0 amide bonds. The molecule has 0 aromatic carbocycles. The van der Waals surface area contributed by atoms with E-state index >= 15 is 0 Å². The maximum atomic E-state index is 12.7. The molecule has 1 aromatic rings. The Kier molecular flexibility index (Phi) is 2.85. The second kappa shape index (κ2) is 4.48. The third-order valence-corrected chi connectivity index (χ3v) is 5.97. The molecule has 2 N–H and O–H groups in total. The number of likely N-dealkylation sites (N-methyl/N-ethyl adjacent to an activating group) is 1. The van der Waals surface area contributed by atoms with Gasteiger partial charge < -0.3 is 10.4 Å². The highest BCUT2D eigenvalue weighted by Gasteiger charge is 2.52. The Morgan fingerprint density at radius 1 is 1.25 bits per heavy atom. The zero-order chi connectivity index (χ0) is 13.7. The van der Waals surface area contributed by atoms with Crippen molar-refractivity contribution in [1.29, 1.82) is 0 Å². The molecule has 4 fully saturated rings. The number of rotatable bonds is 4. The molecule has 4 heteroatoms. The lowest BCUT2D eigenvalue weighted by Crippen LogP contribution is -2.54. The summed E-state index contributed by atoms with van der Waals surface area (Å²) in [6, 6.07) is 0. The monoisotopic (exact) mass is 275 g/mol. The molecule has 5 rings (SSSR count). The summed E-state index contributed by atoms with van der Waals surface area (Å²) in [7, 11) is 1.93. The molecule has 4 saturated carbocycles. The SMILES string of the molecule is CNCCc1c[nH]n(C23CC4CC(CC(C4)C2)C3)c1=O. The fraction of sp³-hybridized carbons (Fsp3) is 0.812. The van der Waals surface area contributed by atoms with Crippen LogP contribution in [0.25, 0.3) is 0 Å². The van der Waals surface area contributed by atoms with E-state index in [1.165, 1.54) is 38.5 Å². The predicted octanol–water partition coefficient (Wildman–Crippen LogP) is 1.86. The summed E-state index contributed by atoms with van der Waals surface area (Å²) in [6.45, 7) is 0.869. The number of hydrogen-bond donors (Lipinski definition) is 2. The van der Waals surface area contributed by atoms with Gasteiger partial charge >= 0.3 is 0 Å². The van der Waals surface area contributed by atoms with Crippen LogP contribution < -0.4 is 10.9 Å². The van der Waals surface area contributed by atoms with Gasteiger partial charge in [0, 0.05) is 11.8 Å². The van der Waals surface area contributed by atoms with Gasteiger partial charge in [-0.2, -0.15) is 0 Å². The zero-order valence-electron chi connectivity index (χ0n) is 12.3. The number of aromatic nitrogens is 2. The molecule has 0 saturated heterocycles. The topological polar surface area (TPSA) is 49.8 Å².